The van der Waals surface area contributed by atoms with Crippen LogP contribution in [0.5, 0.6) is 5.75 Å². The number of nitro groups is 2. The zero-order chi connectivity index (χ0) is 29.2. The minimum absolute atomic E-state index is 0.0123. The number of nitro benzene ring substituents is 2. The Morgan fingerprint density at radius 2 is 1.57 bits per heavy atom. The van der Waals surface area contributed by atoms with Crippen LogP contribution in [0.4, 0.5) is 11.4 Å². The Bertz CT molecular complexity index is 1750. The minimum atomic E-state index is -0.452. The third kappa shape index (κ3) is 5.34. The molecule has 10 heteroatoms. The number of hydrogen-bond donors (Lipinski definition) is 0. The van der Waals surface area contributed by atoms with E-state index in [0.29, 0.717) is 5.75 Å². The second kappa shape index (κ2) is 11.2. The normalized spacial score (nSPS) is 18.9. The number of allylic oxidation sites excluding steroid dienone is 1. The molecule has 0 aromatic heterocycles. The molecule has 1 heterocycles. The number of non-ortho nitro benzene ring substituents is 2. The minimum Gasteiger partial charge on any atom is -0.484 e. The van der Waals surface area contributed by atoms with Crippen LogP contribution in [0, 0.1) is 26.1 Å². The smallest absolute Gasteiger partial charge is 0.281 e. The van der Waals surface area contributed by atoms with Gasteiger partial charge in [0.1, 0.15) is 5.75 Å². The van der Waals surface area contributed by atoms with E-state index in [1.807, 2.05) is 48.5 Å². The SMILES string of the molecule is O=C(COc1ccc2ccccc2c1)N1N=C2/C(=C\c3ccc([N+](=O)[O-])cc3)CCCC2C1c1ccc([N+](=O)[O-])cc1. The van der Waals surface area contributed by atoms with E-state index < -0.39 is 15.9 Å². The third-order valence-corrected chi connectivity index (χ3v) is 7.73. The maximum atomic E-state index is 13.7. The molecule has 2 unspecified atom stereocenters. The van der Waals surface area contributed by atoms with Gasteiger partial charge in [0, 0.05) is 30.2 Å². The Morgan fingerprint density at radius 3 is 2.26 bits per heavy atom. The lowest BCUT2D eigenvalue weighted by atomic mass is 9.77. The first kappa shape index (κ1) is 26.8. The van der Waals surface area contributed by atoms with E-state index in [1.54, 1.807) is 24.3 Å². The number of benzene rings is 4. The molecule has 1 aliphatic carbocycles. The molecule has 1 amide bonds. The van der Waals surface area contributed by atoms with Crippen molar-refractivity contribution in [2.45, 2.75) is 25.3 Å². The van der Waals surface area contributed by atoms with Crippen molar-refractivity contribution in [2.75, 3.05) is 6.61 Å². The van der Waals surface area contributed by atoms with Gasteiger partial charge in [-0.25, -0.2) is 5.01 Å². The number of amides is 1. The number of rotatable bonds is 7. The first-order valence-electron chi connectivity index (χ1n) is 13.6. The summed E-state index contributed by atoms with van der Waals surface area (Å²) in [4.78, 5) is 35.1. The molecule has 1 fully saturated rings. The van der Waals surface area contributed by atoms with Gasteiger partial charge < -0.3 is 4.74 Å². The zero-order valence-corrected chi connectivity index (χ0v) is 22.5. The fraction of sp³-hybridized carbons (Fsp3) is 0.188. The zero-order valence-electron chi connectivity index (χ0n) is 22.5. The van der Waals surface area contributed by atoms with E-state index in [2.05, 4.69) is 0 Å². The van der Waals surface area contributed by atoms with Gasteiger partial charge in [-0.1, -0.05) is 42.5 Å². The van der Waals surface area contributed by atoms with Crippen LogP contribution >= 0.6 is 0 Å². The lowest BCUT2D eigenvalue weighted by Crippen LogP contribution is -2.34. The van der Waals surface area contributed by atoms with E-state index in [-0.39, 0.29) is 29.8 Å². The predicted octanol–water partition coefficient (Wildman–Crippen LogP) is 6.86. The molecule has 4 aromatic rings. The molecule has 0 N–H and O–H groups in total. The van der Waals surface area contributed by atoms with Gasteiger partial charge in [-0.3, -0.25) is 25.0 Å². The topological polar surface area (TPSA) is 128 Å². The molecule has 42 heavy (non-hydrogen) atoms. The summed E-state index contributed by atoms with van der Waals surface area (Å²) in [7, 11) is 0. The van der Waals surface area contributed by atoms with Crippen molar-refractivity contribution >= 4 is 39.8 Å². The second-order valence-corrected chi connectivity index (χ2v) is 10.3. The van der Waals surface area contributed by atoms with Crippen LogP contribution in [-0.4, -0.2) is 33.1 Å². The summed E-state index contributed by atoms with van der Waals surface area (Å²) >= 11 is 0. The molecule has 1 saturated carbocycles. The van der Waals surface area contributed by atoms with E-state index in [9.17, 15) is 25.0 Å². The molecule has 0 saturated heterocycles. The fourth-order valence-corrected chi connectivity index (χ4v) is 5.70. The second-order valence-electron chi connectivity index (χ2n) is 10.3. The first-order valence-corrected chi connectivity index (χ1v) is 13.6. The number of hydrazone groups is 1. The van der Waals surface area contributed by atoms with Gasteiger partial charge >= 0.3 is 0 Å². The number of carbonyl (C=O) groups excluding carboxylic acids is 1. The van der Waals surface area contributed by atoms with Gasteiger partial charge in [-0.05, 0) is 77.1 Å². The van der Waals surface area contributed by atoms with Crippen molar-refractivity contribution in [2.24, 2.45) is 11.0 Å². The van der Waals surface area contributed by atoms with E-state index in [4.69, 9.17) is 9.84 Å². The van der Waals surface area contributed by atoms with Crippen LogP contribution in [0.1, 0.15) is 36.4 Å². The Kier molecular flexibility index (Phi) is 7.18. The van der Waals surface area contributed by atoms with Gasteiger partial charge in [0.05, 0.1) is 21.6 Å². The summed E-state index contributed by atoms with van der Waals surface area (Å²) in [5, 5.41) is 30.7. The Hall–Kier alpha value is -5.38. The van der Waals surface area contributed by atoms with E-state index in [1.165, 1.54) is 29.3 Å². The van der Waals surface area contributed by atoms with Gasteiger partial charge in [0.15, 0.2) is 6.61 Å². The van der Waals surface area contributed by atoms with Crippen LogP contribution < -0.4 is 4.74 Å². The highest BCUT2D eigenvalue weighted by Crippen LogP contribution is 2.44. The third-order valence-electron chi connectivity index (χ3n) is 7.73. The van der Waals surface area contributed by atoms with Crippen molar-refractivity contribution in [3.8, 4) is 5.75 Å². The van der Waals surface area contributed by atoms with Crippen molar-refractivity contribution in [1.82, 2.24) is 5.01 Å². The van der Waals surface area contributed by atoms with Crippen LogP contribution in [0.2, 0.25) is 0 Å². The maximum Gasteiger partial charge on any atom is 0.281 e. The highest BCUT2D eigenvalue weighted by atomic mass is 16.6. The quantitative estimate of drug-likeness (QED) is 0.179. The molecule has 210 valence electrons. The van der Waals surface area contributed by atoms with Crippen LogP contribution in [-0.2, 0) is 4.79 Å². The van der Waals surface area contributed by atoms with Gasteiger partial charge in [0.2, 0.25) is 0 Å². The molecule has 2 atom stereocenters. The largest absolute Gasteiger partial charge is 0.484 e. The van der Waals surface area contributed by atoms with E-state index in [0.717, 1.165) is 52.4 Å². The summed E-state index contributed by atoms with van der Waals surface area (Å²) < 4.78 is 5.91. The molecule has 6 rings (SSSR count). The van der Waals surface area contributed by atoms with Gasteiger partial charge in [-0.2, -0.15) is 5.10 Å². The summed E-state index contributed by atoms with van der Waals surface area (Å²) in [6.45, 7) is -0.229. The summed E-state index contributed by atoms with van der Waals surface area (Å²) in [5.41, 5.74) is 3.27. The van der Waals surface area contributed by atoms with Gasteiger partial charge in [0.25, 0.3) is 17.3 Å². The molecular weight excluding hydrogens is 536 g/mol. The number of carbonyl (C=O) groups is 1. The molecule has 2 aliphatic rings. The molecular formula is C32H26N4O6. The lowest BCUT2D eigenvalue weighted by Gasteiger charge is -2.29. The van der Waals surface area contributed by atoms with Crippen LogP contribution in [0.25, 0.3) is 16.8 Å². The molecule has 10 nitrogen and oxygen atoms in total. The highest BCUT2D eigenvalue weighted by molar-refractivity contribution is 6.08. The van der Waals surface area contributed by atoms with E-state index >= 15 is 0 Å². The first-order chi connectivity index (χ1) is 20.4. The number of ether oxygens (including phenoxy) is 1. The predicted molar refractivity (Wildman–Crippen MR) is 158 cm³/mol. The average Bonchev–Trinajstić information content (AvgIpc) is 3.41. The Balaban J connectivity index is 1.31. The fourth-order valence-electron chi connectivity index (χ4n) is 5.70. The summed E-state index contributed by atoms with van der Waals surface area (Å²) in [6.07, 6.45) is 4.35. The highest BCUT2D eigenvalue weighted by Gasteiger charge is 2.44. The average molecular weight is 563 g/mol. The van der Waals surface area contributed by atoms with Crippen LogP contribution in [0.15, 0.2) is 102 Å². The van der Waals surface area contributed by atoms with Crippen molar-refractivity contribution in [3.05, 3.63) is 128 Å². The number of fused-ring (bicyclic) bond motifs is 2. The van der Waals surface area contributed by atoms with Crippen molar-refractivity contribution in [1.29, 1.82) is 0 Å². The molecule has 0 radical (unpaired) electrons. The standard InChI is InChI=1S/C32H26N4O6/c37-30(20-42-28-17-12-22-4-1-2-5-24(22)19-28)34-32(23-10-15-27(16-11-23)36(40)41)29-7-3-6-25(31(29)33-34)18-21-8-13-26(14-9-21)35(38)39/h1-2,4-5,8-19,29,32H,3,6-7,20H2/b25-18-. The van der Waals surface area contributed by atoms with Crippen molar-refractivity contribution in [3.63, 3.8) is 0 Å². The van der Waals surface area contributed by atoms with Crippen molar-refractivity contribution < 1.29 is 19.4 Å². The molecule has 1 aliphatic heterocycles. The number of hydrogen-bond acceptors (Lipinski definition) is 7. The Labute approximate surface area is 240 Å². The number of nitrogens with zero attached hydrogens (tertiary/aromatic N) is 4. The lowest BCUT2D eigenvalue weighted by molar-refractivity contribution is -0.385. The monoisotopic (exact) mass is 562 g/mol. The van der Waals surface area contributed by atoms with Gasteiger partial charge in [-0.15, -0.1) is 0 Å². The summed E-state index contributed by atoms with van der Waals surface area (Å²) in [6, 6.07) is 25.6. The molecule has 0 bridgehead atoms. The Morgan fingerprint density at radius 1 is 0.905 bits per heavy atom. The summed E-state index contributed by atoms with van der Waals surface area (Å²) in [5.74, 6) is 0.120. The van der Waals surface area contributed by atoms with Crippen LogP contribution in [0.3, 0.4) is 0 Å². The maximum absolute atomic E-state index is 13.7. The molecule has 4 aromatic carbocycles. The molecule has 0 spiro atoms.